The molecule has 7 rings (SSSR count). The van der Waals surface area contributed by atoms with Crippen LogP contribution >= 0.6 is 0 Å². The van der Waals surface area contributed by atoms with E-state index in [-0.39, 0.29) is 17.9 Å². The fraction of sp³-hybridized carbons (Fsp3) is 0.560. The van der Waals surface area contributed by atoms with E-state index in [9.17, 15) is 4.79 Å². The van der Waals surface area contributed by atoms with Gasteiger partial charge in [-0.25, -0.2) is 19.4 Å². The summed E-state index contributed by atoms with van der Waals surface area (Å²) >= 11 is 0. The van der Waals surface area contributed by atoms with Crippen LogP contribution in [0.5, 0.6) is 0 Å². The van der Waals surface area contributed by atoms with Crippen molar-refractivity contribution in [2.24, 2.45) is 0 Å². The van der Waals surface area contributed by atoms with Gasteiger partial charge in [0.1, 0.15) is 12.4 Å². The first-order valence-electron chi connectivity index (χ1n) is 13.0. The Bertz CT molecular complexity index is 1300. The molecule has 1 N–H and O–H groups in total. The number of aromatic nitrogens is 5. The van der Waals surface area contributed by atoms with Crippen LogP contribution in [0.15, 0.2) is 24.5 Å². The van der Waals surface area contributed by atoms with Gasteiger partial charge in [0.2, 0.25) is 0 Å². The maximum Gasteiger partial charge on any atom is 0.407 e. The highest BCUT2D eigenvalue weighted by atomic mass is 16.6. The first-order valence-corrected chi connectivity index (χ1v) is 13.0. The fourth-order valence-corrected chi connectivity index (χ4v) is 5.87. The van der Waals surface area contributed by atoms with E-state index in [1.165, 1.54) is 0 Å². The molecular weight excluding hydrogens is 460 g/mol. The molecule has 188 valence electrons. The summed E-state index contributed by atoms with van der Waals surface area (Å²) in [7, 11) is 0. The van der Waals surface area contributed by atoms with Crippen molar-refractivity contribution in [3.63, 3.8) is 0 Å². The van der Waals surface area contributed by atoms with Crippen molar-refractivity contribution in [1.29, 1.82) is 0 Å². The van der Waals surface area contributed by atoms with Gasteiger partial charge < -0.3 is 24.6 Å². The highest BCUT2D eigenvalue weighted by molar-refractivity contribution is 5.88. The number of amides is 1. The van der Waals surface area contributed by atoms with Crippen LogP contribution in [0.3, 0.4) is 0 Å². The molecule has 11 nitrogen and oxygen atoms in total. The molecule has 4 aliphatic rings. The van der Waals surface area contributed by atoms with Crippen molar-refractivity contribution in [1.82, 2.24) is 30.0 Å². The number of aryl methyl sites for hydroxylation is 1. The van der Waals surface area contributed by atoms with Gasteiger partial charge in [-0.1, -0.05) is 0 Å². The third-order valence-electron chi connectivity index (χ3n) is 7.90. The number of cyclic esters (lactones) is 1. The van der Waals surface area contributed by atoms with Crippen LogP contribution in [0.25, 0.3) is 11.2 Å². The topological polar surface area (TPSA) is 111 Å². The third-order valence-corrected chi connectivity index (χ3v) is 7.90. The number of piperidine rings is 1. The third kappa shape index (κ3) is 3.64. The van der Waals surface area contributed by atoms with Gasteiger partial charge in [-0.15, -0.1) is 5.10 Å². The molecule has 0 aliphatic carbocycles. The molecule has 7 heterocycles. The van der Waals surface area contributed by atoms with Crippen molar-refractivity contribution >= 4 is 34.6 Å². The second-order valence-corrected chi connectivity index (χ2v) is 10.2. The lowest BCUT2D eigenvalue weighted by atomic mass is 9.89. The molecule has 1 amide bonds. The van der Waals surface area contributed by atoms with Crippen LogP contribution in [-0.4, -0.2) is 69.2 Å². The Morgan fingerprint density at radius 2 is 2.03 bits per heavy atom. The van der Waals surface area contributed by atoms with Gasteiger partial charge in [0.25, 0.3) is 0 Å². The summed E-state index contributed by atoms with van der Waals surface area (Å²) in [5.74, 6) is 1.64. The lowest BCUT2D eigenvalue weighted by molar-refractivity contribution is -0.0368. The molecule has 0 saturated carbocycles. The van der Waals surface area contributed by atoms with Gasteiger partial charge in [0.15, 0.2) is 23.2 Å². The Labute approximate surface area is 208 Å². The largest absolute Gasteiger partial charge is 0.447 e. The minimum atomic E-state index is -0.317. The molecule has 1 spiro atoms. The standard InChI is InChI=1S/C25H30N8O3/c34-24-29-25(16-36-24)8-12-31(13-9-25)19-15-27-21-22(28-19)33(20-7-1-2-14-35-20)30-23(21)32-11-4-5-17-18(32)6-3-10-26-17/h3,6,10,15,20H,1-2,4-5,7-9,11-14,16H2,(H,29,34). The molecule has 3 aromatic heterocycles. The average molecular weight is 491 g/mol. The van der Waals surface area contributed by atoms with E-state index in [4.69, 9.17) is 24.5 Å². The van der Waals surface area contributed by atoms with Crippen LogP contribution in [0.2, 0.25) is 0 Å². The molecule has 1 atom stereocenters. The van der Waals surface area contributed by atoms with E-state index in [1.54, 1.807) is 0 Å². The van der Waals surface area contributed by atoms with Crippen LogP contribution in [0.4, 0.5) is 22.1 Å². The number of rotatable bonds is 3. The predicted molar refractivity (Wildman–Crippen MR) is 132 cm³/mol. The predicted octanol–water partition coefficient (Wildman–Crippen LogP) is 3.08. The van der Waals surface area contributed by atoms with Crippen molar-refractivity contribution in [3.8, 4) is 0 Å². The Morgan fingerprint density at radius 3 is 2.83 bits per heavy atom. The highest BCUT2D eigenvalue weighted by Crippen LogP contribution is 2.37. The van der Waals surface area contributed by atoms with E-state index < -0.39 is 0 Å². The zero-order valence-electron chi connectivity index (χ0n) is 20.2. The minimum Gasteiger partial charge on any atom is -0.447 e. The van der Waals surface area contributed by atoms with Crippen molar-refractivity contribution < 1.29 is 14.3 Å². The lowest BCUT2D eigenvalue weighted by Crippen LogP contribution is -2.52. The zero-order valence-corrected chi connectivity index (χ0v) is 20.2. The van der Waals surface area contributed by atoms with E-state index in [0.29, 0.717) is 6.61 Å². The van der Waals surface area contributed by atoms with Crippen LogP contribution in [0.1, 0.15) is 50.4 Å². The zero-order chi connectivity index (χ0) is 24.1. The number of hydrogen-bond acceptors (Lipinski definition) is 9. The second-order valence-electron chi connectivity index (χ2n) is 10.2. The second kappa shape index (κ2) is 8.58. The van der Waals surface area contributed by atoms with E-state index in [1.807, 2.05) is 23.1 Å². The number of alkyl carbamates (subject to hydrolysis) is 1. The lowest BCUT2D eigenvalue weighted by Gasteiger charge is -2.37. The molecular formula is C25H30N8O3. The normalized spacial score (nSPS) is 23.6. The highest BCUT2D eigenvalue weighted by Gasteiger charge is 2.42. The first-order chi connectivity index (χ1) is 17.7. The molecule has 0 aromatic carbocycles. The monoisotopic (exact) mass is 490 g/mol. The molecule has 3 saturated heterocycles. The summed E-state index contributed by atoms with van der Waals surface area (Å²) in [6, 6.07) is 4.09. The summed E-state index contributed by atoms with van der Waals surface area (Å²) < 4.78 is 13.3. The number of carbonyl (C=O) groups is 1. The molecule has 0 radical (unpaired) electrons. The molecule has 36 heavy (non-hydrogen) atoms. The number of anilines is 3. The number of nitrogens with zero attached hydrogens (tertiary/aromatic N) is 7. The number of nitrogens with one attached hydrogen (secondary N) is 1. The van der Waals surface area contributed by atoms with Crippen molar-refractivity contribution in [3.05, 3.63) is 30.2 Å². The van der Waals surface area contributed by atoms with Gasteiger partial charge in [-0.3, -0.25) is 4.98 Å². The van der Waals surface area contributed by atoms with Gasteiger partial charge in [0.05, 0.1) is 23.1 Å². The summed E-state index contributed by atoms with van der Waals surface area (Å²) in [5.41, 5.74) is 3.46. The van der Waals surface area contributed by atoms with E-state index in [2.05, 4.69) is 26.2 Å². The van der Waals surface area contributed by atoms with Crippen molar-refractivity contribution in [2.45, 2.75) is 56.7 Å². The molecule has 0 bridgehead atoms. The Kier molecular flexibility index (Phi) is 5.19. The molecule has 3 fully saturated rings. The Hall–Kier alpha value is -3.47. The summed E-state index contributed by atoms with van der Waals surface area (Å²) in [5, 5.41) is 8.08. The van der Waals surface area contributed by atoms with Crippen LogP contribution < -0.4 is 15.1 Å². The minimum absolute atomic E-state index is 0.145. The molecule has 11 heteroatoms. The SMILES string of the molecule is O=C1NC2(CCN(c3cnc4c(N5CCCc6ncccc65)nn(C5CCCCO5)c4n3)CC2)CO1. The van der Waals surface area contributed by atoms with Crippen molar-refractivity contribution in [2.75, 3.05) is 42.6 Å². The fourth-order valence-electron chi connectivity index (χ4n) is 5.87. The van der Waals surface area contributed by atoms with Gasteiger partial charge in [0, 0.05) is 32.4 Å². The smallest absolute Gasteiger partial charge is 0.407 e. The summed E-state index contributed by atoms with van der Waals surface area (Å²) in [6.45, 7) is 3.58. The van der Waals surface area contributed by atoms with E-state index in [0.717, 1.165) is 105 Å². The summed E-state index contributed by atoms with van der Waals surface area (Å²) in [6.07, 6.45) is 9.94. The van der Waals surface area contributed by atoms with Gasteiger partial charge >= 0.3 is 6.09 Å². The molecule has 3 aromatic rings. The summed E-state index contributed by atoms with van der Waals surface area (Å²) in [4.78, 5) is 30.7. The first kappa shape index (κ1) is 21.8. The van der Waals surface area contributed by atoms with Crippen LogP contribution in [-0.2, 0) is 15.9 Å². The Balaban J connectivity index is 1.26. The number of hydrogen-bond donors (Lipinski definition) is 1. The number of fused-ring (bicyclic) bond motifs is 2. The van der Waals surface area contributed by atoms with E-state index >= 15 is 0 Å². The maximum atomic E-state index is 11.6. The average Bonchev–Trinajstić information content (AvgIpc) is 3.49. The van der Waals surface area contributed by atoms with Gasteiger partial charge in [-0.05, 0) is 57.1 Å². The number of carbonyl (C=O) groups excluding carboxylic acids is 1. The molecule has 1 unspecified atom stereocenters. The number of pyridine rings is 1. The maximum absolute atomic E-state index is 11.6. The van der Waals surface area contributed by atoms with Crippen LogP contribution in [0, 0.1) is 0 Å². The Morgan fingerprint density at radius 1 is 1.11 bits per heavy atom. The van der Waals surface area contributed by atoms with Gasteiger partial charge in [-0.2, -0.15) is 0 Å². The number of ether oxygens (including phenoxy) is 2. The molecule has 4 aliphatic heterocycles. The quantitative estimate of drug-likeness (QED) is 0.592.